The zero-order chi connectivity index (χ0) is 46.4. The number of hydrogen-bond donors (Lipinski definition) is 1. The van der Waals surface area contributed by atoms with Crippen LogP contribution in [0, 0.1) is 56.3 Å². The molecule has 6 atom stereocenters. The van der Waals surface area contributed by atoms with Gasteiger partial charge >= 0.3 is 35.0 Å². The Bertz CT molecular complexity index is 2550. The predicted octanol–water partition coefficient (Wildman–Crippen LogP) is 7.91. The summed E-state index contributed by atoms with van der Waals surface area (Å²) in [6, 6.07) is -0.651. The van der Waals surface area contributed by atoms with Crippen LogP contribution in [0.25, 0.3) is 41.5 Å². The minimum Gasteiger partial charge on any atom is -0.681 e. The van der Waals surface area contributed by atoms with E-state index < -0.39 is 17.9 Å². The van der Waals surface area contributed by atoms with Crippen molar-refractivity contribution in [2.45, 2.75) is 139 Å². The molecule has 0 spiro atoms. The Hall–Kier alpha value is -4.48. The fraction of sp³-hybridized carbons (Fsp3) is 0.537. The van der Waals surface area contributed by atoms with Crippen molar-refractivity contribution >= 4 is 76.9 Å². The van der Waals surface area contributed by atoms with Gasteiger partial charge in [-0.05, 0) is 93.4 Å². The van der Waals surface area contributed by atoms with Crippen molar-refractivity contribution in [3.63, 3.8) is 0 Å². The van der Waals surface area contributed by atoms with Crippen LogP contribution in [0.4, 0.5) is 0 Å². The van der Waals surface area contributed by atoms with Gasteiger partial charge in [0, 0.05) is 12.0 Å². The summed E-state index contributed by atoms with van der Waals surface area (Å²) in [6.07, 6.45) is 22.2. The number of nitrogens with zero attached hydrogens (tertiary/aromatic N) is 4. The monoisotopic (exact) mass is 895 g/mol. The molecule has 1 unspecified atom stereocenters. The van der Waals surface area contributed by atoms with Gasteiger partial charge in [0.2, 0.25) is 0 Å². The summed E-state index contributed by atoms with van der Waals surface area (Å²) in [7, 11) is 1.28. The van der Waals surface area contributed by atoms with Gasteiger partial charge in [0.15, 0.2) is 5.78 Å². The number of ether oxygens (including phenoxy) is 2. The van der Waals surface area contributed by atoms with Crippen LogP contribution in [-0.2, 0) is 19.1 Å². The minimum atomic E-state index is -1.22. The Morgan fingerprint density at radius 2 is 1.49 bits per heavy atom. The molecule has 346 valence electrons. The normalized spacial score (nSPS) is 22.0. The Balaban J connectivity index is 0.00000793. The predicted molar refractivity (Wildman–Crippen MR) is 262 cm³/mol. The summed E-state index contributed by atoms with van der Waals surface area (Å²) in [5.74, 6) is -0.722. The smallest absolute Gasteiger partial charge is 0.681 e. The molecule has 8 bridgehead atoms. The van der Waals surface area contributed by atoms with Gasteiger partial charge in [-0.25, -0.2) is 0 Å². The quantitative estimate of drug-likeness (QED) is 0.0549. The molecule has 10 nitrogen and oxygen atoms in total. The fourth-order valence-corrected chi connectivity index (χ4v) is 10.0. The average molecular weight is 895 g/mol. The molecule has 0 radical (unpaired) electrons. The van der Waals surface area contributed by atoms with E-state index in [2.05, 4.69) is 48.1 Å². The molecule has 6 rings (SSSR count). The topological polar surface area (TPSA) is 146 Å². The van der Waals surface area contributed by atoms with Crippen LogP contribution >= 0.6 is 0 Å². The van der Waals surface area contributed by atoms with Crippen molar-refractivity contribution in [1.82, 2.24) is 15.0 Å². The Labute approximate surface area is 402 Å². The number of ketones is 1. The van der Waals surface area contributed by atoms with Crippen LogP contribution in [0.15, 0.2) is 23.9 Å². The summed E-state index contributed by atoms with van der Waals surface area (Å²) >= 11 is 0. The maximum atomic E-state index is 14.3. The van der Waals surface area contributed by atoms with Crippen LogP contribution in [0.1, 0.15) is 162 Å². The van der Waals surface area contributed by atoms with Crippen molar-refractivity contribution in [2.75, 3.05) is 13.7 Å². The summed E-state index contributed by atoms with van der Waals surface area (Å²) in [5, 5.41) is 17.6. The standard InChI is InChI=1S/C54H70N4O6.Mg/c1-12-38-34(7)41-26-43-35(8)39(22-23-47(60)64-25-24-33(6)21-15-20-32(5)19-14-18-31(4)17-13-16-30(2)3)51(57-43)49-50(54(62)63-11)53(61)48-37(10)44(58-52(48)49)27-42-36(9)40(29-59)46(56-42)28-45(38)55-41;/h12,24,26-32,35,39,50-51H,1,13-23,25H2,2-11H3,(H,59,61);/q-4;+2/b33-24+,43-26-,46-28-;/t31-,32-,35+,39+,50-,51?;/m1./s1. The number of hydrogen-bond acceptors (Lipinski definition) is 6. The second kappa shape index (κ2) is 22.8. The van der Waals surface area contributed by atoms with Crippen LogP contribution < -0.4 is 36.2 Å². The molecule has 3 aliphatic rings. The Morgan fingerprint density at radius 1 is 0.846 bits per heavy atom. The van der Waals surface area contributed by atoms with E-state index in [4.69, 9.17) is 29.7 Å². The van der Waals surface area contributed by atoms with E-state index in [0.717, 1.165) is 53.3 Å². The molecular formula is C54H70MgN4O6-2. The molecule has 3 aromatic rings. The zero-order valence-electron chi connectivity index (χ0n) is 40.7. The van der Waals surface area contributed by atoms with Crippen molar-refractivity contribution in [3.05, 3.63) is 95.4 Å². The van der Waals surface area contributed by atoms with Gasteiger partial charge in [-0.15, -0.1) is 33.1 Å². The molecular weight excluding hydrogens is 825 g/mol. The Morgan fingerprint density at radius 3 is 2.14 bits per heavy atom. The number of aromatic nitrogens is 3. The Kier molecular flexibility index (Phi) is 18.1. The SMILES string of the molecule is C=Cc1c2[n-]c(c1C)/C=C1\[N-]C(C3=c4[n-]/c(c(C)c4C(=O)[C@@H]3C(=O)OC)=C\c3[n-]c(/c(=C/O)c3C)=C\2)[C@@H](CCC(=O)OC/C=C(\C)CCC[C@H](C)CCC[C@H](C)CCCC(C)C)[C@@H]1C.[Mg+2]. The molecule has 0 aromatic carbocycles. The van der Waals surface area contributed by atoms with Crippen LogP contribution in [0.3, 0.4) is 0 Å². The molecule has 1 N–H and O–H groups in total. The first-order valence-corrected chi connectivity index (χ1v) is 23.6. The van der Waals surface area contributed by atoms with Gasteiger partial charge in [0.25, 0.3) is 0 Å². The molecule has 0 amide bonds. The van der Waals surface area contributed by atoms with Crippen LogP contribution in [0.2, 0.25) is 0 Å². The minimum absolute atomic E-state index is 0. The first kappa shape index (κ1) is 51.5. The van der Waals surface area contributed by atoms with Crippen molar-refractivity contribution in [2.24, 2.45) is 35.5 Å². The molecule has 0 saturated carbocycles. The van der Waals surface area contributed by atoms with Crippen molar-refractivity contribution < 1.29 is 29.0 Å². The molecule has 2 aliphatic heterocycles. The number of allylic oxidation sites excluding steroid dienone is 2. The van der Waals surface area contributed by atoms with Gasteiger partial charge in [-0.3, -0.25) is 14.4 Å². The van der Waals surface area contributed by atoms with E-state index in [1.807, 2.05) is 45.1 Å². The first-order valence-electron chi connectivity index (χ1n) is 23.6. The molecule has 65 heavy (non-hydrogen) atoms. The third kappa shape index (κ3) is 11.6. The van der Waals surface area contributed by atoms with Crippen molar-refractivity contribution in [1.29, 1.82) is 0 Å². The number of rotatable bonds is 19. The number of carbonyl (C=O) groups excluding carboxylic acids is 3. The van der Waals surface area contributed by atoms with Gasteiger partial charge < -0.3 is 34.8 Å². The third-order valence-corrected chi connectivity index (χ3v) is 14.2. The van der Waals surface area contributed by atoms with E-state index in [0.29, 0.717) is 67.4 Å². The number of carbonyl (C=O) groups is 3. The van der Waals surface area contributed by atoms with E-state index in [9.17, 15) is 19.5 Å². The number of aliphatic hydroxyl groups excluding tert-OH is 1. The molecule has 1 saturated heterocycles. The largest absolute Gasteiger partial charge is 2.00 e. The molecule has 1 fully saturated rings. The van der Waals surface area contributed by atoms with E-state index >= 15 is 0 Å². The summed E-state index contributed by atoms with van der Waals surface area (Å²) in [6.45, 7) is 23.5. The van der Waals surface area contributed by atoms with Gasteiger partial charge in [0.1, 0.15) is 12.5 Å². The first-order chi connectivity index (χ1) is 30.6. The second-order valence-electron chi connectivity index (χ2n) is 19.3. The number of aliphatic hydroxyl groups is 1. The zero-order valence-corrected chi connectivity index (χ0v) is 42.1. The maximum Gasteiger partial charge on any atom is 2.00 e. The van der Waals surface area contributed by atoms with E-state index in [1.54, 1.807) is 6.08 Å². The van der Waals surface area contributed by atoms with Gasteiger partial charge in [-0.2, -0.15) is 5.70 Å². The second-order valence-corrected chi connectivity index (χ2v) is 19.3. The number of methoxy groups -OCH3 is 1. The molecule has 5 heterocycles. The third-order valence-electron chi connectivity index (χ3n) is 14.2. The van der Waals surface area contributed by atoms with Gasteiger partial charge in [0.05, 0.1) is 13.4 Å². The number of fused-ring (bicyclic) bond motifs is 8. The number of esters is 2. The van der Waals surface area contributed by atoms with Crippen LogP contribution in [0.5, 0.6) is 0 Å². The summed E-state index contributed by atoms with van der Waals surface area (Å²) < 4.78 is 11.0. The molecule has 11 heteroatoms. The average Bonchev–Trinajstić information content (AvgIpc) is 3.99. The summed E-state index contributed by atoms with van der Waals surface area (Å²) in [4.78, 5) is 56.2. The summed E-state index contributed by atoms with van der Waals surface area (Å²) in [5.41, 5.74) is 7.82. The van der Waals surface area contributed by atoms with Gasteiger partial charge in [-0.1, -0.05) is 144 Å². The fourth-order valence-electron chi connectivity index (χ4n) is 10.0. The van der Waals surface area contributed by atoms with Crippen LogP contribution in [-0.4, -0.2) is 65.6 Å². The number of Topliss-reactive ketones (excluding diaryl/α,β-unsaturated/α-hetero) is 1. The molecule has 1 aliphatic carbocycles. The van der Waals surface area contributed by atoms with E-state index in [-0.39, 0.29) is 59.7 Å². The van der Waals surface area contributed by atoms with E-state index in [1.165, 1.54) is 57.6 Å². The molecule has 3 aromatic heterocycles. The van der Waals surface area contributed by atoms with Crippen molar-refractivity contribution in [3.8, 4) is 0 Å². The maximum absolute atomic E-state index is 14.3.